The van der Waals surface area contributed by atoms with Gasteiger partial charge in [0.1, 0.15) is 25.0 Å². The molecule has 35 heavy (non-hydrogen) atoms. The van der Waals surface area contributed by atoms with Gasteiger partial charge in [0.25, 0.3) is 0 Å². The number of nitrogens with zero attached hydrogens (tertiary/aromatic N) is 4. The van der Waals surface area contributed by atoms with Gasteiger partial charge in [0, 0.05) is 5.70 Å². The molecule has 3 aromatic carbocycles. The highest BCUT2D eigenvalue weighted by Crippen LogP contribution is 2.35. The monoisotopic (exact) mass is 467 g/mol. The van der Waals surface area contributed by atoms with E-state index in [1.54, 1.807) is 4.68 Å². The van der Waals surface area contributed by atoms with Crippen molar-refractivity contribution in [2.75, 3.05) is 5.32 Å². The fourth-order valence-corrected chi connectivity index (χ4v) is 4.10. The highest BCUT2D eigenvalue weighted by Gasteiger charge is 2.35. The number of ether oxygens (including phenoxy) is 2. The number of allylic oxidation sites excluding steroid dienone is 1. The van der Waals surface area contributed by atoms with Gasteiger partial charge in [-0.2, -0.15) is 4.68 Å². The van der Waals surface area contributed by atoms with Crippen LogP contribution in [0.15, 0.2) is 90.1 Å². The van der Waals surface area contributed by atoms with E-state index < -0.39 is 12.0 Å². The van der Waals surface area contributed by atoms with Gasteiger partial charge in [-0.1, -0.05) is 77.4 Å². The van der Waals surface area contributed by atoms with Crippen LogP contribution in [0, 0.1) is 6.92 Å². The maximum atomic E-state index is 13.2. The summed E-state index contributed by atoms with van der Waals surface area (Å²) in [5.41, 5.74) is 5.15. The van der Waals surface area contributed by atoms with E-state index in [0.717, 1.165) is 22.4 Å². The fourth-order valence-electron chi connectivity index (χ4n) is 4.10. The molecule has 1 aromatic heterocycles. The highest BCUT2D eigenvalue weighted by atomic mass is 16.5. The number of nitrogens with one attached hydrogen (secondary N) is 1. The van der Waals surface area contributed by atoms with Gasteiger partial charge < -0.3 is 14.8 Å². The Labute approximate surface area is 203 Å². The molecule has 0 fully saturated rings. The normalized spacial score (nSPS) is 14.7. The maximum absolute atomic E-state index is 13.2. The van der Waals surface area contributed by atoms with Crippen LogP contribution in [0.4, 0.5) is 5.95 Å². The molecule has 0 spiro atoms. The number of aryl methyl sites for hydroxylation is 1. The molecule has 0 bridgehead atoms. The average Bonchev–Trinajstić information content (AvgIpc) is 3.34. The number of carbonyl (C=O) groups is 1. The summed E-state index contributed by atoms with van der Waals surface area (Å²) in [5, 5.41) is 15.1. The highest BCUT2D eigenvalue weighted by molar-refractivity contribution is 5.92. The SMILES string of the molecule is CC1=C(C(=O)OCc2ccccc2)C(c2ccc(OCc3cccc(C)c3)cc2)n2nnnc2N1. The minimum Gasteiger partial charge on any atom is -0.489 e. The molecule has 1 N–H and O–H groups in total. The van der Waals surface area contributed by atoms with Crippen LogP contribution in [0.1, 0.15) is 35.2 Å². The zero-order chi connectivity index (χ0) is 24.2. The minimum absolute atomic E-state index is 0.178. The lowest BCUT2D eigenvalue weighted by atomic mass is 9.95. The first-order valence-corrected chi connectivity index (χ1v) is 11.3. The van der Waals surface area contributed by atoms with Gasteiger partial charge in [-0.25, -0.2) is 4.79 Å². The lowest BCUT2D eigenvalue weighted by Crippen LogP contribution is -2.29. The quantitative estimate of drug-likeness (QED) is 0.398. The molecule has 5 rings (SSSR count). The molecule has 0 amide bonds. The number of esters is 1. The molecule has 0 radical (unpaired) electrons. The number of rotatable bonds is 7. The summed E-state index contributed by atoms with van der Waals surface area (Å²) in [4.78, 5) is 13.2. The van der Waals surface area contributed by atoms with E-state index >= 15 is 0 Å². The first-order valence-electron chi connectivity index (χ1n) is 11.3. The largest absolute Gasteiger partial charge is 0.489 e. The number of hydrogen-bond donors (Lipinski definition) is 1. The van der Waals surface area contributed by atoms with Gasteiger partial charge in [0.05, 0.1) is 5.57 Å². The van der Waals surface area contributed by atoms with Gasteiger partial charge in [-0.15, -0.1) is 0 Å². The second-order valence-electron chi connectivity index (χ2n) is 8.42. The lowest BCUT2D eigenvalue weighted by Gasteiger charge is -2.27. The first-order chi connectivity index (χ1) is 17.1. The molecular formula is C27H25N5O3. The molecule has 176 valence electrons. The summed E-state index contributed by atoms with van der Waals surface area (Å²) in [6.07, 6.45) is 0. The number of benzene rings is 3. The number of fused-ring (bicyclic) bond motifs is 1. The first kappa shape index (κ1) is 22.3. The molecule has 8 nitrogen and oxygen atoms in total. The molecule has 1 aliphatic rings. The third kappa shape index (κ3) is 4.91. The Kier molecular flexibility index (Phi) is 6.26. The van der Waals surface area contributed by atoms with E-state index in [4.69, 9.17) is 9.47 Å². The molecule has 0 saturated heterocycles. The Hall–Kier alpha value is -4.46. The van der Waals surface area contributed by atoms with Gasteiger partial charge in [0.15, 0.2) is 0 Å². The second-order valence-corrected chi connectivity index (χ2v) is 8.42. The molecular weight excluding hydrogens is 442 g/mol. The number of hydrogen-bond acceptors (Lipinski definition) is 7. The van der Waals surface area contributed by atoms with Crippen LogP contribution in [0.25, 0.3) is 0 Å². The van der Waals surface area contributed by atoms with Gasteiger partial charge in [-0.05, 0) is 53.1 Å². The minimum atomic E-state index is -0.532. The number of carbonyl (C=O) groups excluding carboxylic acids is 1. The van der Waals surface area contributed by atoms with Crippen LogP contribution in [-0.4, -0.2) is 26.2 Å². The number of tetrazole rings is 1. The van der Waals surface area contributed by atoms with Gasteiger partial charge >= 0.3 is 5.97 Å². The maximum Gasteiger partial charge on any atom is 0.338 e. The standard InChI is InChI=1S/C27H25N5O3/c1-18-7-6-10-21(15-18)17-34-23-13-11-22(12-14-23)25-24(19(2)28-27-29-30-31-32(25)27)26(33)35-16-20-8-4-3-5-9-20/h3-15,25H,16-17H2,1-2H3,(H,28,29,31). The lowest BCUT2D eigenvalue weighted by molar-refractivity contribution is -0.140. The second kappa shape index (κ2) is 9.80. The van der Waals surface area contributed by atoms with Crippen LogP contribution in [0.3, 0.4) is 0 Å². The Balaban J connectivity index is 1.37. The van der Waals surface area contributed by atoms with Gasteiger partial charge in [-0.3, -0.25) is 0 Å². The van der Waals surface area contributed by atoms with E-state index in [-0.39, 0.29) is 6.61 Å². The van der Waals surface area contributed by atoms with E-state index in [2.05, 4.69) is 39.9 Å². The molecule has 4 aromatic rings. The zero-order valence-corrected chi connectivity index (χ0v) is 19.5. The van der Waals surface area contributed by atoms with Crippen molar-refractivity contribution in [1.82, 2.24) is 20.2 Å². The molecule has 0 aliphatic carbocycles. The molecule has 1 atom stereocenters. The third-order valence-corrected chi connectivity index (χ3v) is 5.83. The van der Waals surface area contributed by atoms with E-state index in [1.807, 2.05) is 73.7 Å². The predicted octanol–water partition coefficient (Wildman–Crippen LogP) is 4.59. The van der Waals surface area contributed by atoms with Crippen molar-refractivity contribution >= 4 is 11.9 Å². The summed E-state index contributed by atoms with van der Waals surface area (Å²) in [6, 6.07) is 24.9. The van der Waals surface area contributed by atoms with E-state index in [0.29, 0.717) is 23.8 Å². The summed E-state index contributed by atoms with van der Waals surface area (Å²) >= 11 is 0. The zero-order valence-electron chi connectivity index (χ0n) is 19.5. The van der Waals surface area contributed by atoms with Crippen LogP contribution in [0.5, 0.6) is 5.75 Å². The fraction of sp³-hybridized carbons (Fsp3) is 0.185. The number of aromatic nitrogens is 4. The Morgan fingerprint density at radius 3 is 2.49 bits per heavy atom. The molecule has 1 unspecified atom stereocenters. The summed E-state index contributed by atoms with van der Waals surface area (Å²) < 4.78 is 13.2. The Morgan fingerprint density at radius 2 is 1.71 bits per heavy atom. The van der Waals surface area contributed by atoms with E-state index in [9.17, 15) is 4.79 Å². The van der Waals surface area contributed by atoms with Crippen LogP contribution < -0.4 is 10.1 Å². The molecule has 2 heterocycles. The van der Waals surface area contributed by atoms with E-state index in [1.165, 1.54) is 5.56 Å². The molecule has 8 heteroatoms. The number of anilines is 1. The van der Waals surface area contributed by atoms with Crippen molar-refractivity contribution in [3.05, 3.63) is 112 Å². The smallest absolute Gasteiger partial charge is 0.338 e. The predicted molar refractivity (Wildman–Crippen MR) is 130 cm³/mol. The van der Waals surface area contributed by atoms with Crippen molar-refractivity contribution < 1.29 is 14.3 Å². The van der Waals surface area contributed by atoms with Crippen LogP contribution >= 0.6 is 0 Å². The Bertz CT molecular complexity index is 1360. The summed E-state index contributed by atoms with van der Waals surface area (Å²) in [5.74, 6) is 0.770. The van der Waals surface area contributed by atoms with Crippen molar-refractivity contribution in [3.8, 4) is 5.75 Å². The topological polar surface area (TPSA) is 91.2 Å². The van der Waals surface area contributed by atoms with Crippen molar-refractivity contribution in [2.45, 2.75) is 33.1 Å². The van der Waals surface area contributed by atoms with Crippen LogP contribution in [0.2, 0.25) is 0 Å². The van der Waals surface area contributed by atoms with Gasteiger partial charge in [0.2, 0.25) is 5.95 Å². The molecule has 0 saturated carbocycles. The van der Waals surface area contributed by atoms with Crippen molar-refractivity contribution in [2.24, 2.45) is 0 Å². The summed E-state index contributed by atoms with van der Waals surface area (Å²) in [6.45, 7) is 4.53. The van der Waals surface area contributed by atoms with Crippen LogP contribution in [-0.2, 0) is 22.7 Å². The average molecular weight is 468 g/mol. The Morgan fingerprint density at radius 1 is 0.943 bits per heavy atom. The third-order valence-electron chi connectivity index (χ3n) is 5.83. The van der Waals surface area contributed by atoms with Crippen molar-refractivity contribution in [3.63, 3.8) is 0 Å². The summed E-state index contributed by atoms with van der Waals surface area (Å²) in [7, 11) is 0. The molecule has 1 aliphatic heterocycles. The van der Waals surface area contributed by atoms with Crippen molar-refractivity contribution in [1.29, 1.82) is 0 Å².